The number of para-hydroxylation sites is 2. The minimum absolute atomic E-state index is 0.517. The number of fused-ring (bicyclic) bond motifs is 7. The highest BCUT2D eigenvalue weighted by molar-refractivity contribution is 6.10. The average Bonchev–Trinajstić information content (AvgIpc) is 1.69. The molecule has 2 aliphatic rings. The van der Waals surface area contributed by atoms with Gasteiger partial charge in [0.2, 0.25) is 0 Å². The van der Waals surface area contributed by atoms with Gasteiger partial charge in [0.25, 0.3) is 0 Å². The third-order valence-electron chi connectivity index (χ3n) is 18.5. The summed E-state index contributed by atoms with van der Waals surface area (Å²) in [5.74, 6) is 3.42. The highest BCUT2D eigenvalue weighted by Crippen LogP contribution is 2.53. The predicted octanol–water partition coefficient (Wildman–Crippen LogP) is 21.9. The third-order valence-corrected chi connectivity index (χ3v) is 18.5. The maximum atomic E-state index is 7.46. The molecule has 15 aromatic rings. The Labute approximate surface area is 529 Å². The van der Waals surface area contributed by atoms with Crippen molar-refractivity contribution in [1.82, 2.24) is 19.1 Å². The average molecular weight is 1170 g/mol. The number of anilines is 4. The van der Waals surface area contributed by atoms with Gasteiger partial charge in [-0.1, -0.05) is 231 Å². The van der Waals surface area contributed by atoms with Crippen molar-refractivity contribution >= 4 is 55.6 Å². The molecule has 0 radical (unpaired) electrons. The van der Waals surface area contributed by atoms with Gasteiger partial charge in [0, 0.05) is 64.4 Å². The number of nitrogens with zero attached hydrogens (tertiary/aromatic N) is 6. The first-order valence-corrected chi connectivity index (χ1v) is 31.6. The number of aryl methyl sites for hydroxylation is 3. The molecule has 0 N–H and O–H groups in total. The molecule has 0 saturated heterocycles. The van der Waals surface area contributed by atoms with Crippen LogP contribution in [-0.4, -0.2) is 25.8 Å². The summed E-state index contributed by atoms with van der Waals surface area (Å²) in [6, 6.07) is 105. The van der Waals surface area contributed by atoms with Crippen LogP contribution in [0.5, 0.6) is 11.5 Å². The lowest BCUT2D eigenvalue weighted by molar-refractivity contribution is 0.483. The lowest BCUT2D eigenvalue weighted by Crippen LogP contribution is -2.25. The van der Waals surface area contributed by atoms with Crippen molar-refractivity contribution in [3.05, 3.63) is 309 Å². The molecule has 7 heteroatoms. The van der Waals surface area contributed by atoms with Crippen LogP contribution in [0.2, 0.25) is 0 Å². The second-order valence-corrected chi connectivity index (χ2v) is 24.0. The summed E-state index contributed by atoms with van der Waals surface area (Å²) in [5, 5.41) is 2.27. The van der Waals surface area contributed by atoms with Crippen LogP contribution in [0.1, 0.15) is 24.2 Å². The van der Waals surface area contributed by atoms with Gasteiger partial charge < -0.3 is 19.1 Å². The Morgan fingerprint density at radius 1 is 0.385 bits per heavy atom. The van der Waals surface area contributed by atoms with Crippen LogP contribution in [0.25, 0.3) is 117 Å². The molecule has 91 heavy (non-hydrogen) atoms. The second kappa shape index (κ2) is 22.6. The molecular formula is C84H62N6O. The topological polar surface area (TPSA) is 51.4 Å². The number of imidazole rings is 1. The zero-order chi connectivity index (χ0) is 60.4. The van der Waals surface area contributed by atoms with E-state index < -0.39 is 0 Å². The summed E-state index contributed by atoms with van der Waals surface area (Å²) in [7, 11) is 0. The third kappa shape index (κ3) is 9.61. The summed E-state index contributed by atoms with van der Waals surface area (Å²) in [6.07, 6.45) is 5.27. The molecule has 0 fully saturated rings. The number of ether oxygens (including phenoxy) is 1. The van der Waals surface area contributed by atoms with Gasteiger partial charge in [-0.25, -0.2) is 9.97 Å². The van der Waals surface area contributed by atoms with E-state index in [0.717, 1.165) is 160 Å². The van der Waals surface area contributed by atoms with Gasteiger partial charge in [0.15, 0.2) is 0 Å². The molecule has 5 heterocycles. The fraction of sp³-hybridized carbons (Fsp3) is 0.0714. The van der Waals surface area contributed by atoms with Crippen molar-refractivity contribution in [1.29, 1.82) is 0 Å². The van der Waals surface area contributed by atoms with Crippen molar-refractivity contribution < 1.29 is 4.74 Å². The summed E-state index contributed by atoms with van der Waals surface area (Å²) >= 11 is 0. The summed E-state index contributed by atoms with van der Waals surface area (Å²) in [4.78, 5) is 15.7. The Kier molecular flexibility index (Phi) is 13.3. The molecule has 434 valence electrons. The van der Waals surface area contributed by atoms with E-state index in [2.05, 4.69) is 317 Å². The Hall–Kier alpha value is -11.5. The SMILES string of the molecule is Cc1cc(-n2c3ccccc3c3ccc(Oc4cc(-c5c(-c6ccccc6)cccc5-c5ccccc5)cc(N5CN(c6c(-c7ccccc7)cccc6-c6ccccc6)c6cc7c(cc65)nc5n7CCCC5)c4)cc32)ncc1-c1ccc(-c2ccccc2)cc1. The van der Waals surface area contributed by atoms with Crippen LogP contribution in [0, 0.1) is 6.92 Å². The largest absolute Gasteiger partial charge is 0.457 e. The number of benzene rings is 12. The van der Waals surface area contributed by atoms with Gasteiger partial charge in [-0.2, -0.15) is 0 Å². The molecule has 0 amide bonds. The number of pyridine rings is 1. The fourth-order valence-corrected chi connectivity index (χ4v) is 14.2. The fourth-order valence-electron chi connectivity index (χ4n) is 14.2. The molecule has 17 rings (SSSR count). The van der Waals surface area contributed by atoms with Gasteiger partial charge >= 0.3 is 0 Å². The molecule has 7 nitrogen and oxygen atoms in total. The molecule has 0 aliphatic carbocycles. The van der Waals surface area contributed by atoms with Crippen LogP contribution < -0.4 is 14.5 Å². The number of rotatable bonds is 12. The zero-order valence-electron chi connectivity index (χ0n) is 50.4. The van der Waals surface area contributed by atoms with Crippen LogP contribution in [0.3, 0.4) is 0 Å². The Bertz CT molecular complexity index is 5120. The monoisotopic (exact) mass is 1170 g/mol. The van der Waals surface area contributed by atoms with Crippen LogP contribution in [-0.2, 0) is 13.0 Å². The first-order valence-electron chi connectivity index (χ1n) is 31.6. The van der Waals surface area contributed by atoms with Crippen molar-refractivity contribution in [3.63, 3.8) is 0 Å². The highest BCUT2D eigenvalue weighted by Gasteiger charge is 2.34. The molecule has 0 spiro atoms. The Balaban J connectivity index is 0.852. The standard InChI is InChI=1S/C84H62N6O/c1-56-47-82(85-54-74(56)63-42-40-58(41-43-63)57-23-7-2-8-24-57)90-76-38-18-17-33-72(76)73-45-44-66(51-77(73)90)91-67-49-64(83-68(59-25-9-3-10-26-59)34-21-35-69(83)60-27-11-4-12-28-60)48-65(50-67)88-55-89(80-53-78-75(52-79(80)88)86-81-39-19-20-46-87(78)81)84-70(61-29-13-5-14-30-61)36-22-37-71(84)62-31-15-6-16-32-62/h2-18,21-38,40-45,47-54H,19-20,39,46,55H2,1H3. The maximum Gasteiger partial charge on any atom is 0.137 e. The summed E-state index contributed by atoms with van der Waals surface area (Å²) in [5.41, 5.74) is 25.7. The van der Waals surface area contributed by atoms with E-state index in [9.17, 15) is 0 Å². The molecule has 0 bridgehead atoms. The van der Waals surface area contributed by atoms with Gasteiger partial charge in [0.05, 0.1) is 39.1 Å². The number of hydrogen-bond acceptors (Lipinski definition) is 5. The van der Waals surface area contributed by atoms with Crippen molar-refractivity contribution in [2.75, 3.05) is 16.5 Å². The van der Waals surface area contributed by atoms with Crippen molar-refractivity contribution in [2.45, 2.75) is 32.7 Å². The van der Waals surface area contributed by atoms with Crippen molar-refractivity contribution in [3.8, 4) is 95.2 Å². The molecule has 3 aromatic heterocycles. The van der Waals surface area contributed by atoms with Gasteiger partial charge in [-0.3, -0.25) is 4.57 Å². The van der Waals surface area contributed by atoms with Crippen molar-refractivity contribution in [2.24, 2.45) is 0 Å². The van der Waals surface area contributed by atoms with Crippen LogP contribution in [0.15, 0.2) is 297 Å². The molecule has 0 unspecified atom stereocenters. The first-order chi connectivity index (χ1) is 45.0. The van der Waals surface area contributed by atoms with E-state index in [1.807, 2.05) is 6.20 Å². The molecule has 0 atom stereocenters. The van der Waals surface area contributed by atoms with E-state index in [4.69, 9.17) is 14.7 Å². The van der Waals surface area contributed by atoms with E-state index in [1.165, 1.54) is 16.6 Å². The lowest BCUT2D eigenvalue weighted by atomic mass is 9.87. The normalized spacial score (nSPS) is 12.8. The summed E-state index contributed by atoms with van der Waals surface area (Å²) in [6.45, 7) is 3.66. The van der Waals surface area contributed by atoms with Gasteiger partial charge in [0.1, 0.15) is 29.8 Å². The van der Waals surface area contributed by atoms with Gasteiger partial charge in [-0.15, -0.1) is 0 Å². The first kappa shape index (κ1) is 53.7. The lowest BCUT2D eigenvalue weighted by Gasteiger charge is -2.28. The zero-order valence-corrected chi connectivity index (χ0v) is 50.4. The van der Waals surface area contributed by atoms with E-state index >= 15 is 0 Å². The molecule has 0 saturated carbocycles. The number of hydrogen-bond donors (Lipinski definition) is 0. The Morgan fingerprint density at radius 3 is 1.58 bits per heavy atom. The van der Waals surface area contributed by atoms with E-state index in [-0.39, 0.29) is 0 Å². The highest BCUT2D eigenvalue weighted by atomic mass is 16.5. The minimum atomic E-state index is 0.517. The second-order valence-electron chi connectivity index (χ2n) is 24.0. The minimum Gasteiger partial charge on any atom is -0.457 e. The van der Waals surface area contributed by atoms with Crippen LogP contribution >= 0.6 is 0 Å². The van der Waals surface area contributed by atoms with Crippen LogP contribution in [0.4, 0.5) is 22.7 Å². The maximum absolute atomic E-state index is 7.46. The molecule has 2 aliphatic heterocycles. The summed E-state index contributed by atoms with van der Waals surface area (Å²) < 4.78 is 12.2. The number of aromatic nitrogens is 4. The van der Waals surface area contributed by atoms with E-state index in [1.54, 1.807) is 0 Å². The smallest absolute Gasteiger partial charge is 0.137 e. The predicted molar refractivity (Wildman–Crippen MR) is 376 cm³/mol. The molecular weight excluding hydrogens is 1110 g/mol. The Morgan fingerprint density at radius 2 is 0.934 bits per heavy atom. The quantitative estimate of drug-likeness (QED) is 0.122. The molecule has 12 aromatic carbocycles. The van der Waals surface area contributed by atoms with Gasteiger partial charge in [-0.05, 0) is 135 Å². The van der Waals surface area contributed by atoms with E-state index in [0.29, 0.717) is 18.2 Å².